The highest BCUT2D eigenvalue weighted by Gasteiger charge is 2.19. The fourth-order valence-corrected chi connectivity index (χ4v) is 4.05. The maximum absolute atomic E-state index is 13.0. The first kappa shape index (κ1) is 18.7. The number of rotatable bonds is 5. The Kier molecular flexibility index (Phi) is 6.89. The smallest absolute Gasteiger partial charge is 0.123 e. The van der Waals surface area contributed by atoms with Crippen molar-refractivity contribution in [1.29, 1.82) is 0 Å². The van der Waals surface area contributed by atoms with E-state index in [1.54, 1.807) is 0 Å². The summed E-state index contributed by atoms with van der Waals surface area (Å²) < 4.78 is 13.0. The summed E-state index contributed by atoms with van der Waals surface area (Å²) in [6.07, 6.45) is 10.7. The normalized spacial score (nSPS) is 19.6. The van der Waals surface area contributed by atoms with Gasteiger partial charge in [0.2, 0.25) is 0 Å². The molecule has 0 nitrogen and oxygen atoms in total. The number of halogens is 1. The topological polar surface area (TPSA) is 0 Å². The summed E-state index contributed by atoms with van der Waals surface area (Å²) in [7, 11) is 0. The predicted octanol–water partition coefficient (Wildman–Crippen LogP) is 7.23. The molecule has 1 fully saturated rings. The second kappa shape index (κ2) is 9.58. The van der Waals surface area contributed by atoms with Gasteiger partial charge in [0, 0.05) is 12.0 Å². The first-order valence-corrected chi connectivity index (χ1v) is 10.1. The van der Waals surface area contributed by atoms with E-state index in [1.807, 2.05) is 12.1 Å². The van der Waals surface area contributed by atoms with E-state index in [1.165, 1.54) is 57.1 Å². The number of hydrogen-bond donors (Lipinski definition) is 0. The quantitative estimate of drug-likeness (QED) is 0.500. The molecule has 3 rings (SSSR count). The molecule has 1 aliphatic carbocycles. The average Bonchev–Trinajstić information content (AvgIpc) is 2.68. The van der Waals surface area contributed by atoms with Crippen molar-refractivity contribution in [2.75, 3.05) is 0 Å². The fourth-order valence-electron chi connectivity index (χ4n) is 4.05. The van der Waals surface area contributed by atoms with E-state index in [2.05, 4.69) is 43.0 Å². The Morgan fingerprint density at radius 1 is 0.808 bits per heavy atom. The molecule has 1 saturated carbocycles. The van der Waals surface area contributed by atoms with E-state index in [9.17, 15) is 4.39 Å². The van der Waals surface area contributed by atoms with Crippen LogP contribution in [0.1, 0.15) is 63.9 Å². The monoisotopic (exact) mass is 348 g/mol. The van der Waals surface area contributed by atoms with Gasteiger partial charge in [-0.1, -0.05) is 81.6 Å². The summed E-state index contributed by atoms with van der Waals surface area (Å²) in [5.74, 6) is 8.32. The molecular formula is C25H29F. The number of hydrogen-bond acceptors (Lipinski definition) is 0. The van der Waals surface area contributed by atoms with Crippen LogP contribution in [-0.4, -0.2) is 0 Å². The van der Waals surface area contributed by atoms with Gasteiger partial charge in [-0.25, -0.2) is 4.39 Å². The second-order valence-corrected chi connectivity index (χ2v) is 7.60. The van der Waals surface area contributed by atoms with Crippen molar-refractivity contribution in [2.45, 2.75) is 58.3 Å². The lowest BCUT2D eigenvalue weighted by Gasteiger charge is -2.27. The molecule has 0 aliphatic heterocycles. The predicted molar refractivity (Wildman–Crippen MR) is 108 cm³/mol. The minimum absolute atomic E-state index is 0.199. The van der Waals surface area contributed by atoms with Crippen LogP contribution in [0.2, 0.25) is 0 Å². The van der Waals surface area contributed by atoms with Crippen LogP contribution >= 0.6 is 0 Å². The van der Waals surface area contributed by atoms with Crippen molar-refractivity contribution in [1.82, 2.24) is 0 Å². The Balaban J connectivity index is 1.46. The Morgan fingerprint density at radius 2 is 1.35 bits per heavy atom. The zero-order valence-corrected chi connectivity index (χ0v) is 15.8. The summed E-state index contributed by atoms with van der Waals surface area (Å²) in [6, 6.07) is 14.9. The van der Waals surface area contributed by atoms with Crippen LogP contribution in [0.4, 0.5) is 4.39 Å². The zero-order valence-electron chi connectivity index (χ0n) is 15.8. The highest BCUT2D eigenvalue weighted by atomic mass is 19.1. The largest absolute Gasteiger partial charge is 0.207 e. The van der Waals surface area contributed by atoms with Crippen molar-refractivity contribution >= 4 is 0 Å². The van der Waals surface area contributed by atoms with Gasteiger partial charge < -0.3 is 0 Å². The van der Waals surface area contributed by atoms with Gasteiger partial charge in [-0.15, -0.1) is 0 Å². The standard InChI is InChI=1S/C25H29F/c1-2-5-20-8-10-21(11-9-20)6-3-4-7-22-12-14-23(15-13-22)24-16-18-25(26)19-17-24/h12-21H,2-3,5-6,8-11H2,1H3. The Hall–Kier alpha value is -2.07. The molecule has 0 spiro atoms. The molecule has 0 atom stereocenters. The van der Waals surface area contributed by atoms with Crippen molar-refractivity contribution in [3.05, 3.63) is 59.9 Å². The van der Waals surface area contributed by atoms with Crippen molar-refractivity contribution in [3.8, 4) is 23.0 Å². The van der Waals surface area contributed by atoms with Crippen molar-refractivity contribution in [3.63, 3.8) is 0 Å². The molecule has 0 amide bonds. The van der Waals surface area contributed by atoms with E-state index in [4.69, 9.17) is 0 Å². The highest BCUT2D eigenvalue weighted by Crippen LogP contribution is 2.33. The minimum Gasteiger partial charge on any atom is -0.207 e. The lowest BCUT2D eigenvalue weighted by atomic mass is 9.78. The molecule has 0 heterocycles. The minimum atomic E-state index is -0.199. The van der Waals surface area contributed by atoms with Crippen LogP contribution < -0.4 is 0 Å². The molecule has 2 aromatic rings. The van der Waals surface area contributed by atoms with Gasteiger partial charge in [-0.3, -0.25) is 0 Å². The summed E-state index contributed by atoms with van der Waals surface area (Å²) in [6.45, 7) is 2.30. The van der Waals surface area contributed by atoms with Crippen LogP contribution in [0.15, 0.2) is 48.5 Å². The van der Waals surface area contributed by atoms with Crippen LogP contribution in [0.5, 0.6) is 0 Å². The summed E-state index contributed by atoms with van der Waals surface area (Å²) in [5.41, 5.74) is 3.19. The van der Waals surface area contributed by atoms with Crippen LogP contribution in [0.25, 0.3) is 11.1 Å². The van der Waals surface area contributed by atoms with E-state index in [-0.39, 0.29) is 5.82 Å². The molecular weight excluding hydrogens is 319 g/mol. The highest BCUT2D eigenvalue weighted by molar-refractivity contribution is 5.64. The molecule has 0 bridgehead atoms. The Labute approximate surface area is 157 Å². The molecule has 0 N–H and O–H groups in total. The van der Waals surface area contributed by atoms with Crippen LogP contribution in [0.3, 0.4) is 0 Å². The molecule has 0 unspecified atom stereocenters. The third kappa shape index (κ3) is 5.46. The molecule has 26 heavy (non-hydrogen) atoms. The summed E-state index contributed by atoms with van der Waals surface area (Å²) in [4.78, 5) is 0. The second-order valence-electron chi connectivity index (χ2n) is 7.60. The van der Waals surface area contributed by atoms with Crippen LogP contribution in [-0.2, 0) is 0 Å². The summed E-state index contributed by atoms with van der Waals surface area (Å²) in [5, 5.41) is 0. The third-order valence-corrected chi connectivity index (χ3v) is 5.64. The van der Waals surface area contributed by atoms with E-state index in [0.29, 0.717) is 0 Å². The lowest BCUT2D eigenvalue weighted by Crippen LogP contribution is -2.14. The molecule has 1 aliphatic rings. The zero-order chi connectivity index (χ0) is 18.2. The summed E-state index contributed by atoms with van der Waals surface area (Å²) >= 11 is 0. The Bertz CT molecular complexity index is 722. The van der Waals surface area contributed by atoms with Gasteiger partial charge in [0.05, 0.1) is 0 Å². The average molecular weight is 349 g/mol. The Morgan fingerprint density at radius 3 is 1.92 bits per heavy atom. The van der Waals surface area contributed by atoms with Crippen molar-refractivity contribution in [2.24, 2.45) is 11.8 Å². The van der Waals surface area contributed by atoms with Crippen molar-refractivity contribution < 1.29 is 4.39 Å². The molecule has 0 aromatic heterocycles. The van der Waals surface area contributed by atoms with E-state index < -0.39 is 0 Å². The fraction of sp³-hybridized carbons (Fsp3) is 0.440. The van der Waals surface area contributed by atoms with Crippen LogP contribution in [0, 0.1) is 29.5 Å². The molecule has 136 valence electrons. The van der Waals surface area contributed by atoms with Gasteiger partial charge in [-0.2, -0.15) is 0 Å². The van der Waals surface area contributed by atoms with Gasteiger partial charge in [0.25, 0.3) is 0 Å². The number of benzene rings is 2. The van der Waals surface area contributed by atoms with E-state index in [0.717, 1.165) is 34.9 Å². The maximum atomic E-state index is 13.0. The van der Waals surface area contributed by atoms with Gasteiger partial charge in [0.1, 0.15) is 5.82 Å². The SMILES string of the molecule is CCCC1CCC(CCC#Cc2ccc(-c3ccc(F)cc3)cc2)CC1. The van der Waals surface area contributed by atoms with E-state index >= 15 is 0 Å². The molecule has 2 aromatic carbocycles. The first-order valence-electron chi connectivity index (χ1n) is 10.1. The first-order chi connectivity index (χ1) is 12.7. The lowest BCUT2D eigenvalue weighted by molar-refractivity contribution is 0.254. The maximum Gasteiger partial charge on any atom is 0.123 e. The molecule has 0 radical (unpaired) electrons. The van der Waals surface area contributed by atoms with Gasteiger partial charge >= 0.3 is 0 Å². The molecule has 0 saturated heterocycles. The molecule has 1 heteroatoms. The third-order valence-electron chi connectivity index (χ3n) is 5.64. The van der Waals surface area contributed by atoms with Gasteiger partial charge in [-0.05, 0) is 53.6 Å². The van der Waals surface area contributed by atoms with Gasteiger partial charge in [0.15, 0.2) is 0 Å².